The molecule has 0 amide bonds. The first-order valence-corrected chi connectivity index (χ1v) is 8.29. The van der Waals surface area contributed by atoms with Crippen molar-refractivity contribution < 1.29 is 8.42 Å². The molecule has 2 rings (SSSR count). The van der Waals surface area contributed by atoms with Crippen LogP contribution in [-0.2, 0) is 10.0 Å². The molecule has 0 saturated carbocycles. The Balaban J connectivity index is 2.38. The second-order valence-electron chi connectivity index (χ2n) is 4.67. The number of nitrogens with zero attached hydrogens (tertiary/aromatic N) is 1. The largest absolute Gasteiger partial charge is 0.263 e. The second-order valence-corrected chi connectivity index (χ2v) is 7.27. The first kappa shape index (κ1) is 15.0. The number of benzene rings is 1. The van der Waals surface area contributed by atoms with E-state index in [2.05, 4.69) is 25.6 Å². The van der Waals surface area contributed by atoms with Gasteiger partial charge in [-0.3, -0.25) is 4.72 Å². The molecule has 0 unspecified atom stereocenters. The minimum atomic E-state index is -3.62. The lowest BCUT2D eigenvalue weighted by Gasteiger charge is -2.11. The van der Waals surface area contributed by atoms with Crippen LogP contribution in [-0.4, -0.2) is 13.4 Å². The predicted octanol–water partition coefficient (Wildman–Crippen LogP) is 3.57. The SMILES string of the molecule is Cc1ccc(S(=O)(=O)Nc2ncc(Br)cc2C)cc1C. The summed E-state index contributed by atoms with van der Waals surface area (Å²) < 4.78 is 28.0. The Hall–Kier alpha value is -1.40. The first-order chi connectivity index (χ1) is 9.29. The van der Waals surface area contributed by atoms with Gasteiger partial charge in [-0.25, -0.2) is 13.4 Å². The van der Waals surface area contributed by atoms with Crippen molar-refractivity contribution in [2.24, 2.45) is 0 Å². The van der Waals surface area contributed by atoms with Gasteiger partial charge in [0.05, 0.1) is 4.90 Å². The zero-order valence-corrected chi connectivity index (χ0v) is 13.8. The van der Waals surface area contributed by atoms with Crippen molar-refractivity contribution in [3.8, 4) is 0 Å². The standard InChI is InChI=1S/C14H15BrN2O2S/c1-9-4-5-13(7-10(9)2)20(18,19)17-14-11(3)6-12(15)8-16-14/h4-8H,1-3H3,(H,16,17). The van der Waals surface area contributed by atoms with E-state index in [0.717, 1.165) is 21.2 Å². The predicted molar refractivity (Wildman–Crippen MR) is 83.4 cm³/mol. The number of aromatic nitrogens is 1. The Morgan fingerprint density at radius 2 is 1.75 bits per heavy atom. The van der Waals surface area contributed by atoms with Crippen molar-refractivity contribution in [1.29, 1.82) is 0 Å². The number of pyridine rings is 1. The fourth-order valence-corrected chi connectivity index (χ4v) is 3.33. The van der Waals surface area contributed by atoms with Gasteiger partial charge in [-0.1, -0.05) is 6.07 Å². The Morgan fingerprint density at radius 1 is 1.05 bits per heavy atom. The van der Waals surface area contributed by atoms with E-state index < -0.39 is 10.0 Å². The molecular weight excluding hydrogens is 340 g/mol. The van der Waals surface area contributed by atoms with E-state index in [1.807, 2.05) is 19.9 Å². The summed E-state index contributed by atoms with van der Waals surface area (Å²) in [5, 5.41) is 0. The topological polar surface area (TPSA) is 59.1 Å². The van der Waals surface area contributed by atoms with Gasteiger partial charge in [0.1, 0.15) is 5.82 Å². The van der Waals surface area contributed by atoms with Gasteiger partial charge in [-0.2, -0.15) is 0 Å². The van der Waals surface area contributed by atoms with Crippen LogP contribution in [0.25, 0.3) is 0 Å². The number of nitrogens with one attached hydrogen (secondary N) is 1. The molecule has 0 aliphatic carbocycles. The monoisotopic (exact) mass is 354 g/mol. The maximum absolute atomic E-state index is 12.3. The van der Waals surface area contributed by atoms with E-state index in [1.54, 1.807) is 31.3 Å². The first-order valence-electron chi connectivity index (χ1n) is 6.02. The molecule has 0 aliphatic rings. The van der Waals surface area contributed by atoms with Gasteiger partial charge >= 0.3 is 0 Å². The van der Waals surface area contributed by atoms with Crippen LogP contribution in [0.5, 0.6) is 0 Å². The third-order valence-electron chi connectivity index (χ3n) is 3.06. The van der Waals surface area contributed by atoms with E-state index >= 15 is 0 Å². The number of sulfonamides is 1. The molecule has 4 nitrogen and oxygen atoms in total. The quantitative estimate of drug-likeness (QED) is 0.916. The average Bonchev–Trinajstić information content (AvgIpc) is 2.36. The smallest absolute Gasteiger partial charge is 0.263 e. The summed E-state index contributed by atoms with van der Waals surface area (Å²) in [6.45, 7) is 5.63. The summed E-state index contributed by atoms with van der Waals surface area (Å²) in [4.78, 5) is 4.33. The van der Waals surface area contributed by atoms with Crippen LogP contribution >= 0.6 is 15.9 Å². The summed E-state index contributed by atoms with van der Waals surface area (Å²) in [6.07, 6.45) is 1.56. The van der Waals surface area contributed by atoms with E-state index in [1.165, 1.54) is 0 Å². The maximum Gasteiger partial charge on any atom is 0.263 e. The van der Waals surface area contributed by atoms with Crippen molar-refractivity contribution in [3.63, 3.8) is 0 Å². The van der Waals surface area contributed by atoms with E-state index in [9.17, 15) is 8.42 Å². The van der Waals surface area contributed by atoms with E-state index in [0.29, 0.717) is 5.82 Å². The van der Waals surface area contributed by atoms with Crippen molar-refractivity contribution in [1.82, 2.24) is 4.98 Å². The van der Waals surface area contributed by atoms with Gasteiger partial charge in [-0.05, 0) is 71.6 Å². The van der Waals surface area contributed by atoms with Crippen LogP contribution in [0.15, 0.2) is 39.8 Å². The molecule has 20 heavy (non-hydrogen) atoms. The number of aryl methyl sites for hydroxylation is 3. The number of halogens is 1. The van der Waals surface area contributed by atoms with Crippen molar-refractivity contribution in [2.45, 2.75) is 25.7 Å². The summed E-state index contributed by atoms with van der Waals surface area (Å²) in [6, 6.07) is 6.86. The normalized spacial score (nSPS) is 11.4. The number of hydrogen-bond donors (Lipinski definition) is 1. The van der Waals surface area contributed by atoms with Gasteiger partial charge in [0, 0.05) is 10.7 Å². The molecule has 0 atom stereocenters. The molecular formula is C14H15BrN2O2S. The highest BCUT2D eigenvalue weighted by Gasteiger charge is 2.16. The molecule has 6 heteroatoms. The summed E-state index contributed by atoms with van der Waals surface area (Å²) in [7, 11) is -3.62. The molecule has 0 aliphatic heterocycles. The average molecular weight is 355 g/mol. The third kappa shape index (κ3) is 3.19. The number of anilines is 1. The lowest BCUT2D eigenvalue weighted by atomic mass is 10.1. The minimum absolute atomic E-state index is 0.240. The Bertz CT molecular complexity index is 758. The summed E-state index contributed by atoms with van der Waals surface area (Å²) in [5.74, 6) is 0.339. The van der Waals surface area contributed by atoms with Crippen molar-refractivity contribution in [2.75, 3.05) is 4.72 Å². The number of rotatable bonds is 3. The molecule has 0 radical (unpaired) electrons. The fourth-order valence-electron chi connectivity index (χ4n) is 1.71. The van der Waals surface area contributed by atoms with E-state index in [4.69, 9.17) is 0 Å². The van der Waals surface area contributed by atoms with Gasteiger partial charge in [-0.15, -0.1) is 0 Å². The highest BCUT2D eigenvalue weighted by atomic mass is 79.9. The van der Waals surface area contributed by atoms with Gasteiger partial charge in [0.25, 0.3) is 10.0 Å². The van der Waals surface area contributed by atoms with Crippen LogP contribution in [0.2, 0.25) is 0 Å². The Labute approximate surface area is 127 Å². The molecule has 1 aromatic heterocycles. The molecule has 2 aromatic rings. The molecule has 106 valence electrons. The molecule has 1 N–H and O–H groups in total. The van der Waals surface area contributed by atoms with Gasteiger partial charge < -0.3 is 0 Å². The summed E-state index contributed by atoms with van der Waals surface area (Å²) >= 11 is 3.30. The van der Waals surface area contributed by atoms with Crippen LogP contribution in [0.1, 0.15) is 16.7 Å². The lowest BCUT2D eigenvalue weighted by Crippen LogP contribution is -2.15. The van der Waals surface area contributed by atoms with Gasteiger partial charge in [0.2, 0.25) is 0 Å². The molecule has 0 bridgehead atoms. The Kier molecular flexibility index (Phi) is 4.15. The van der Waals surface area contributed by atoms with E-state index in [-0.39, 0.29) is 4.90 Å². The van der Waals surface area contributed by atoms with Crippen LogP contribution in [0, 0.1) is 20.8 Å². The highest BCUT2D eigenvalue weighted by molar-refractivity contribution is 9.10. The van der Waals surface area contributed by atoms with Crippen LogP contribution in [0.3, 0.4) is 0 Å². The van der Waals surface area contributed by atoms with Crippen LogP contribution in [0.4, 0.5) is 5.82 Å². The van der Waals surface area contributed by atoms with Crippen molar-refractivity contribution >= 4 is 31.8 Å². The van der Waals surface area contributed by atoms with Gasteiger partial charge in [0.15, 0.2) is 0 Å². The number of hydrogen-bond acceptors (Lipinski definition) is 3. The maximum atomic E-state index is 12.3. The zero-order chi connectivity index (χ0) is 14.9. The summed E-state index contributed by atoms with van der Waals surface area (Å²) in [5.41, 5.74) is 2.75. The highest BCUT2D eigenvalue weighted by Crippen LogP contribution is 2.21. The lowest BCUT2D eigenvalue weighted by molar-refractivity contribution is 0.601. The molecule has 1 aromatic carbocycles. The molecule has 1 heterocycles. The minimum Gasteiger partial charge on any atom is -0.263 e. The molecule has 0 fully saturated rings. The third-order valence-corrected chi connectivity index (χ3v) is 4.83. The molecule has 0 saturated heterocycles. The van der Waals surface area contributed by atoms with Crippen LogP contribution < -0.4 is 4.72 Å². The second kappa shape index (κ2) is 5.54. The zero-order valence-electron chi connectivity index (χ0n) is 11.4. The fraction of sp³-hybridized carbons (Fsp3) is 0.214. The Morgan fingerprint density at radius 3 is 2.35 bits per heavy atom. The van der Waals surface area contributed by atoms with Crippen molar-refractivity contribution in [3.05, 3.63) is 51.6 Å². The molecule has 0 spiro atoms.